The predicted octanol–water partition coefficient (Wildman–Crippen LogP) is 4.85. The van der Waals surface area contributed by atoms with Crippen molar-refractivity contribution in [2.24, 2.45) is 0 Å². The third-order valence-electron chi connectivity index (χ3n) is 4.28. The highest BCUT2D eigenvalue weighted by Gasteiger charge is 2.11. The van der Waals surface area contributed by atoms with Gasteiger partial charge in [-0.1, -0.05) is 36.4 Å². The smallest absolute Gasteiger partial charge is 0.354 e. The molecule has 0 aliphatic rings. The Hall–Kier alpha value is -4.00. The minimum absolute atomic E-state index is 0.0316. The van der Waals surface area contributed by atoms with E-state index in [9.17, 15) is 13.6 Å². The average molecular weight is 389 g/mol. The fourth-order valence-corrected chi connectivity index (χ4v) is 2.88. The van der Waals surface area contributed by atoms with Gasteiger partial charge < -0.3 is 5.11 Å². The number of halogens is 2. The maximum Gasteiger partial charge on any atom is 0.354 e. The lowest BCUT2D eigenvalue weighted by Gasteiger charge is -2.07. The minimum Gasteiger partial charge on any atom is -0.477 e. The number of carboxylic acids is 1. The van der Waals surface area contributed by atoms with E-state index in [-0.39, 0.29) is 11.3 Å². The fraction of sp³-hybridized carbons (Fsp3) is 0. The van der Waals surface area contributed by atoms with Crippen LogP contribution in [0.3, 0.4) is 0 Å². The SMILES string of the molecule is O=C(O)c1cccc(-c2ccc(-c3cccc(-c4ccc(F)nc4F)n3)cc2)n1. The third kappa shape index (κ3) is 3.84. The zero-order valence-electron chi connectivity index (χ0n) is 14.9. The topological polar surface area (TPSA) is 76.0 Å². The van der Waals surface area contributed by atoms with Crippen molar-refractivity contribution in [3.05, 3.63) is 90.4 Å². The van der Waals surface area contributed by atoms with Gasteiger partial charge in [-0.05, 0) is 36.4 Å². The zero-order chi connectivity index (χ0) is 20.4. The van der Waals surface area contributed by atoms with Crippen LogP contribution in [0.25, 0.3) is 33.8 Å². The number of carboxylic acid groups (broad SMARTS) is 1. The highest BCUT2D eigenvalue weighted by Crippen LogP contribution is 2.26. The predicted molar refractivity (Wildman–Crippen MR) is 103 cm³/mol. The summed E-state index contributed by atoms with van der Waals surface area (Å²) < 4.78 is 27.0. The van der Waals surface area contributed by atoms with Crippen molar-refractivity contribution >= 4 is 5.97 Å². The lowest BCUT2D eigenvalue weighted by molar-refractivity contribution is 0.0690. The Morgan fingerprint density at radius 2 is 1.28 bits per heavy atom. The van der Waals surface area contributed by atoms with Crippen molar-refractivity contribution in [3.63, 3.8) is 0 Å². The molecule has 3 heterocycles. The number of hydrogen-bond acceptors (Lipinski definition) is 4. The molecule has 1 aromatic carbocycles. The number of hydrogen-bond donors (Lipinski definition) is 1. The van der Waals surface area contributed by atoms with Gasteiger partial charge in [-0.3, -0.25) is 0 Å². The van der Waals surface area contributed by atoms with E-state index in [0.29, 0.717) is 17.1 Å². The van der Waals surface area contributed by atoms with Crippen LogP contribution in [0.4, 0.5) is 8.78 Å². The first-order chi connectivity index (χ1) is 14.0. The van der Waals surface area contributed by atoms with Crippen molar-refractivity contribution in [3.8, 4) is 33.8 Å². The molecule has 3 aromatic heterocycles. The maximum atomic E-state index is 14.0. The summed E-state index contributed by atoms with van der Waals surface area (Å²) in [4.78, 5) is 22.9. The molecular formula is C22H13F2N3O2. The molecule has 29 heavy (non-hydrogen) atoms. The van der Waals surface area contributed by atoms with Crippen LogP contribution >= 0.6 is 0 Å². The summed E-state index contributed by atoms with van der Waals surface area (Å²) in [6, 6.07) is 19.5. The lowest BCUT2D eigenvalue weighted by atomic mass is 10.0. The average Bonchev–Trinajstić information content (AvgIpc) is 2.74. The minimum atomic E-state index is -1.09. The molecule has 0 amide bonds. The molecule has 0 atom stereocenters. The van der Waals surface area contributed by atoms with Crippen molar-refractivity contribution in [2.45, 2.75) is 0 Å². The van der Waals surface area contributed by atoms with Gasteiger partial charge in [-0.25, -0.2) is 14.8 Å². The van der Waals surface area contributed by atoms with Gasteiger partial charge in [0.25, 0.3) is 0 Å². The Balaban J connectivity index is 1.66. The normalized spacial score (nSPS) is 10.7. The quantitative estimate of drug-likeness (QED) is 0.505. The van der Waals surface area contributed by atoms with Crippen LogP contribution in [0.15, 0.2) is 72.8 Å². The second-order valence-electron chi connectivity index (χ2n) is 6.17. The molecule has 0 saturated heterocycles. The van der Waals surface area contributed by atoms with Gasteiger partial charge in [0.1, 0.15) is 5.69 Å². The van der Waals surface area contributed by atoms with Crippen LogP contribution in [0.1, 0.15) is 10.5 Å². The number of aromatic carboxylic acids is 1. The molecule has 1 N–H and O–H groups in total. The molecule has 0 bridgehead atoms. The van der Waals surface area contributed by atoms with E-state index in [1.165, 1.54) is 12.1 Å². The van der Waals surface area contributed by atoms with Crippen molar-refractivity contribution in [1.82, 2.24) is 15.0 Å². The standard InChI is InChI=1S/C22H13F2N3O2/c23-20-12-11-15(21(24)27-20)18-5-1-3-16(25-18)13-7-9-14(10-8-13)17-4-2-6-19(26-17)22(28)29/h1-12H,(H,28,29). The maximum absolute atomic E-state index is 14.0. The highest BCUT2D eigenvalue weighted by atomic mass is 19.1. The summed E-state index contributed by atoms with van der Waals surface area (Å²) >= 11 is 0. The molecule has 0 radical (unpaired) electrons. The van der Waals surface area contributed by atoms with Crippen molar-refractivity contribution in [2.75, 3.05) is 0 Å². The van der Waals surface area contributed by atoms with E-state index >= 15 is 0 Å². The summed E-state index contributed by atoms with van der Waals surface area (Å²) in [7, 11) is 0. The zero-order valence-corrected chi connectivity index (χ0v) is 14.9. The molecule has 4 aromatic rings. The van der Waals surface area contributed by atoms with Gasteiger partial charge in [0.2, 0.25) is 11.9 Å². The van der Waals surface area contributed by atoms with Crippen LogP contribution in [-0.4, -0.2) is 26.0 Å². The molecule has 5 nitrogen and oxygen atoms in total. The first-order valence-electron chi connectivity index (χ1n) is 8.62. The van der Waals surface area contributed by atoms with Gasteiger partial charge >= 0.3 is 5.97 Å². The first-order valence-corrected chi connectivity index (χ1v) is 8.62. The van der Waals surface area contributed by atoms with Crippen molar-refractivity contribution < 1.29 is 18.7 Å². The second-order valence-corrected chi connectivity index (χ2v) is 6.17. The molecule has 142 valence electrons. The highest BCUT2D eigenvalue weighted by molar-refractivity contribution is 5.86. The number of benzene rings is 1. The number of aromatic nitrogens is 3. The van der Waals surface area contributed by atoms with E-state index in [0.717, 1.165) is 17.2 Å². The Labute approximate surface area is 164 Å². The molecule has 0 saturated carbocycles. The van der Waals surface area contributed by atoms with Crippen LogP contribution in [0.2, 0.25) is 0 Å². The van der Waals surface area contributed by atoms with Crippen LogP contribution < -0.4 is 0 Å². The van der Waals surface area contributed by atoms with Crippen LogP contribution in [0, 0.1) is 11.9 Å². The largest absolute Gasteiger partial charge is 0.477 e. The summed E-state index contributed by atoms with van der Waals surface area (Å²) in [6.45, 7) is 0. The number of carbonyl (C=O) groups is 1. The van der Waals surface area contributed by atoms with Gasteiger partial charge in [-0.15, -0.1) is 0 Å². The lowest BCUT2D eigenvalue weighted by Crippen LogP contribution is -2.00. The first kappa shape index (κ1) is 18.4. The summed E-state index contributed by atoms with van der Waals surface area (Å²) in [6.07, 6.45) is 0. The number of rotatable bonds is 4. The van der Waals surface area contributed by atoms with Gasteiger partial charge in [0.15, 0.2) is 0 Å². The Kier molecular flexibility index (Phi) is 4.78. The van der Waals surface area contributed by atoms with E-state index in [1.807, 2.05) is 12.1 Å². The third-order valence-corrected chi connectivity index (χ3v) is 4.28. The van der Waals surface area contributed by atoms with Crippen LogP contribution in [0.5, 0.6) is 0 Å². The van der Waals surface area contributed by atoms with E-state index < -0.39 is 17.9 Å². The van der Waals surface area contributed by atoms with Gasteiger partial charge in [0.05, 0.1) is 22.6 Å². The molecule has 7 heteroatoms. The fourth-order valence-electron chi connectivity index (χ4n) is 2.88. The Morgan fingerprint density at radius 3 is 1.90 bits per heavy atom. The summed E-state index contributed by atoms with van der Waals surface area (Å²) in [5.74, 6) is -2.90. The van der Waals surface area contributed by atoms with Gasteiger partial charge in [-0.2, -0.15) is 13.8 Å². The molecule has 0 aliphatic carbocycles. The second kappa shape index (κ2) is 7.55. The molecule has 4 rings (SSSR count). The molecule has 0 unspecified atom stereocenters. The number of nitrogens with zero attached hydrogens (tertiary/aromatic N) is 3. The Bertz CT molecular complexity index is 1210. The number of pyridine rings is 3. The monoisotopic (exact) mass is 389 g/mol. The summed E-state index contributed by atoms with van der Waals surface area (Å²) in [5.41, 5.74) is 3.09. The Morgan fingerprint density at radius 1 is 0.690 bits per heavy atom. The molecule has 0 spiro atoms. The van der Waals surface area contributed by atoms with E-state index in [2.05, 4.69) is 15.0 Å². The van der Waals surface area contributed by atoms with E-state index in [1.54, 1.807) is 42.5 Å². The molecular weight excluding hydrogens is 376 g/mol. The van der Waals surface area contributed by atoms with E-state index in [4.69, 9.17) is 5.11 Å². The van der Waals surface area contributed by atoms with Gasteiger partial charge in [0, 0.05) is 11.1 Å². The molecule has 0 aliphatic heterocycles. The summed E-state index contributed by atoms with van der Waals surface area (Å²) in [5, 5.41) is 9.08. The van der Waals surface area contributed by atoms with Crippen LogP contribution in [-0.2, 0) is 0 Å². The molecule has 0 fully saturated rings. The van der Waals surface area contributed by atoms with Crippen molar-refractivity contribution in [1.29, 1.82) is 0 Å².